The second-order valence-corrected chi connectivity index (χ2v) is 5.18. The Bertz CT molecular complexity index is 555. The third kappa shape index (κ3) is 3.55. The Morgan fingerprint density at radius 1 is 1.25 bits per heavy atom. The molecule has 1 aromatic rings. The van der Waals surface area contributed by atoms with E-state index in [0.29, 0.717) is 6.71 Å². The lowest BCUT2D eigenvalue weighted by molar-refractivity contribution is 0.720. The highest BCUT2D eigenvalue weighted by molar-refractivity contribution is 6.86. The molecule has 1 aliphatic rings. The summed E-state index contributed by atoms with van der Waals surface area (Å²) in [5.41, 5.74) is 4.07. The maximum atomic E-state index is 5.53. The highest BCUT2D eigenvalue weighted by atomic mass is 14.1. The summed E-state index contributed by atoms with van der Waals surface area (Å²) in [4.78, 5) is 0. The van der Waals surface area contributed by atoms with Crippen LogP contribution in [0.3, 0.4) is 0 Å². The van der Waals surface area contributed by atoms with Crippen LogP contribution in [0, 0.1) is 12.3 Å². The fourth-order valence-electron chi connectivity index (χ4n) is 2.91. The van der Waals surface area contributed by atoms with Crippen molar-refractivity contribution in [1.29, 1.82) is 0 Å². The van der Waals surface area contributed by atoms with Crippen molar-refractivity contribution in [2.24, 2.45) is 0 Å². The second-order valence-electron chi connectivity index (χ2n) is 5.18. The van der Waals surface area contributed by atoms with Crippen LogP contribution in [-0.2, 0) is 0 Å². The van der Waals surface area contributed by atoms with Gasteiger partial charge in [-0.1, -0.05) is 77.3 Å². The lowest BCUT2D eigenvalue weighted by atomic mass is 9.34. The highest BCUT2D eigenvalue weighted by Gasteiger charge is 2.24. The van der Waals surface area contributed by atoms with Crippen LogP contribution >= 0.6 is 0 Å². The Hall–Kier alpha value is -1.94. The Balaban J connectivity index is 2.46. The van der Waals surface area contributed by atoms with E-state index in [0.717, 1.165) is 0 Å². The predicted octanol–water partition coefficient (Wildman–Crippen LogP) is 4.10. The van der Waals surface area contributed by atoms with Crippen LogP contribution in [0.5, 0.6) is 0 Å². The van der Waals surface area contributed by atoms with Gasteiger partial charge in [-0.2, -0.15) is 0 Å². The minimum Gasteiger partial charge on any atom is -0.115 e. The zero-order valence-corrected chi connectivity index (χ0v) is 12.2. The smallest absolute Gasteiger partial charge is 0.115 e. The minimum absolute atomic E-state index is 0.309. The van der Waals surface area contributed by atoms with Gasteiger partial charge in [0.25, 0.3) is 0 Å². The summed E-state index contributed by atoms with van der Waals surface area (Å²) in [5.74, 6) is 2.70. The van der Waals surface area contributed by atoms with Gasteiger partial charge in [0, 0.05) is 0 Å². The molecule has 0 heterocycles. The molecule has 0 atom stereocenters. The summed E-state index contributed by atoms with van der Waals surface area (Å²) in [6.07, 6.45) is 19.0. The molecular formula is C19H21B. The minimum atomic E-state index is 0.309. The molecule has 1 heteroatoms. The number of terminal acetylenes is 1. The summed E-state index contributed by atoms with van der Waals surface area (Å²) < 4.78 is 0. The molecule has 0 nitrogen and oxygen atoms in total. The molecule has 0 saturated carbocycles. The van der Waals surface area contributed by atoms with E-state index < -0.39 is 0 Å². The number of benzene rings is 1. The summed E-state index contributed by atoms with van der Waals surface area (Å²) >= 11 is 0. The van der Waals surface area contributed by atoms with Gasteiger partial charge in [0.1, 0.15) is 0 Å². The largest absolute Gasteiger partial charge is 0.237 e. The van der Waals surface area contributed by atoms with Gasteiger partial charge >= 0.3 is 0 Å². The van der Waals surface area contributed by atoms with Gasteiger partial charge in [-0.3, -0.25) is 0 Å². The molecule has 0 saturated heterocycles. The molecular weight excluding hydrogens is 239 g/mol. The molecule has 0 amide bonds. The van der Waals surface area contributed by atoms with Gasteiger partial charge in [0.15, 0.2) is 0 Å². The van der Waals surface area contributed by atoms with Crippen molar-refractivity contribution >= 4 is 12.2 Å². The van der Waals surface area contributed by atoms with E-state index >= 15 is 0 Å². The Morgan fingerprint density at radius 3 is 2.65 bits per heavy atom. The lowest BCUT2D eigenvalue weighted by Gasteiger charge is -2.22. The summed E-state index contributed by atoms with van der Waals surface area (Å²) in [7, 11) is 0. The average Bonchev–Trinajstić information content (AvgIpc) is 2.50. The third-order valence-corrected chi connectivity index (χ3v) is 3.77. The fourth-order valence-corrected chi connectivity index (χ4v) is 2.91. The van der Waals surface area contributed by atoms with Crippen LogP contribution in [0.1, 0.15) is 32.6 Å². The van der Waals surface area contributed by atoms with Gasteiger partial charge in [-0.15, -0.1) is 6.42 Å². The highest BCUT2D eigenvalue weighted by Crippen LogP contribution is 2.23. The van der Waals surface area contributed by atoms with E-state index in [2.05, 4.69) is 54.5 Å². The van der Waals surface area contributed by atoms with Gasteiger partial charge in [-0.25, -0.2) is 0 Å². The van der Waals surface area contributed by atoms with Gasteiger partial charge < -0.3 is 0 Å². The first kappa shape index (κ1) is 14.5. The molecule has 0 bridgehead atoms. The van der Waals surface area contributed by atoms with Crippen LogP contribution in [-0.4, -0.2) is 6.71 Å². The van der Waals surface area contributed by atoms with Crippen molar-refractivity contribution in [2.75, 3.05) is 0 Å². The second kappa shape index (κ2) is 7.60. The molecule has 0 unspecified atom stereocenters. The number of hydrogen-bond donors (Lipinski definition) is 0. The monoisotopic (exact) mass is 260 g/mol. The molecule has 2 rings (SSSR count). The standard InChI is InChI=1S/C19H21B/c1-3-11-17(12-4-2)20(18-13-7-5-8-14-18)19-15-9-6-10-16-19/h1,4-5,7-8,11-15H,6,9-10,16H2,2H3/b12-4-,17-11+. The number of rotatable bonds is 4. The van der Waals surface area contributed by atoms with Crippen LogP contribution < -0.4 is 5.46 Å². The molecule has 0 fully saturated rings. The first-order valence-corrected chi connectivity index (χ1v) is 7.39. The maximum Gasteiger partial charge on any atom is 0.237 e. The van der Waals surface area contributed by atoms with Crippen LogP contribution in [0.15, 0.2) is 65.6 Å². The van der Waals surface area contributed by atoms with E-state index in [-0.39, 0.29) is 0 Å². The van der Waals surface area contributed by atoms with Crippen LogP contribution in [0.2, 0.25) is 0 Å². The Labute approximate surface area is 123 Å². The van der Waals surface area contributed by atoms with Crippen molar-refractivity contribution < 1.29 is 0 Å². The van der Waals surface area contributed by atoms with Crippen LogP contribution in [0.25, 0.3) is 0 Å². The van der Waals surface area contributed by atoms with Gasteiger partial charge in [0.2, 0.25) is 6.71 Å². The average molecular weight is 260 g/mol. The maximum absolute atomic E-state index is 5.53. The lowest BCUT2D eigenvalue weighted by Crippen LogP contribution is -2.35. The third-order valence-electron chi connectivity index (χ3n) is 3.77. The molecule has 0 aromatic heterocycles. The Kier molecular flexibility index (Phi) is 5.50. The number of allylic oxidation sites excluding steroid dienone is 6. The molecule has 0 radical (unpaired) electrons. The van der Waals surface area contributed by atoms with E-state index in [1.807, 2.05) is 13.0 Å². The molecule has 0 N–H and O–H groups in total. The van der Waals surface area contributed by atoms with Crippen molar-refractivity contribution in [3.05, 3.63) is 65.6 Å². The molecule has 100 valence electrons. The zero-order valence-electron chi connectivity index (χ0n) is 12.2. The summed E-state index contributed by atoms with van der Waals surface area (Å²) in [6.45, 7) is 2.35. The van der Waals surface area contributed by atoms with E-state index in [4.69, 9.17) is 6.42 Å². The predicted molar refractivity (Wildman–Crippen MR) is 90.1 cm³/mol. The molecule has 1 aliphatic carbocycles. The quantitative estimate of drug-likeness (QED) is 0.434. The summed E-state index contributed by atoms with van der Waals surface area (Å²) in [6, 6.07) is 10.7. The molecule has 20 heavy (non-hydrogen) atoms. The van der Waals surface area contributed by atoms with E-state index in [9.17, 15) is 0 Å². The topological polar surface area (TPSA) is 0 Å². The number of hydrogen-bond acceptors (Lipinski definition) is 0. The van der Waals surface area contributed by atoms with E-state index in [1.54, 1.807) is 0 Å². The molecule has 0 spiro atoms. The first-order valence-electron chi connectivity index (χ1n) is 7.39. The van der Waals surface area contributed by atoms with Gasteiger partial charge in [-0.05, 0) is 32.3 Å². The van der Waals surface area contributed by atoms with Gasteiger partial charge in [0.05, 0.1) is 0 Å². The first-order chi connectivity index (χ1) is 9.86. The van der Waals surface area contributed by atoms with Crippen molar-refractivity contribution in [3.8, 4) is 12.3 Å². The van der Waals surface area contributed by atoms with Crippen molar-refractivity contribution in [2.45, 2.75) is 32.6 Å². The van der Waals surface area contributed by atoms with Crippen LogP contribution in [0.4, 0.5) is 0 Å². The molecule has 0 aliphatic heterocycles. The SMILES string of the molecule is C#C/C=C(\C=C/C)B(C1=CCCCC1)c1ccccc1. The zero-order chi connectivity index (χ0) is 14.2. The summed E-state index contributed by atoms with van der Waals surface area (Å²) in [5, 5.41) is 0. The fraction of sp³-hybridized carbons (Fsp3) is 0.263. The Morgan fingerprint density at radius 2 is 2.05 bits per heavy atom. The van der Waals surface area contributed by atoms with E-state index in [1.165, 1.54) is 42.1 Å². The van der Waals surface area contributed by atoms with Crippen molar-refractivity contribution in [1.82, 2.24) is 0 Å². The van der Waals surface area contributed by atoms with Crippen molar-refractivity contribution in [3.63, 3.8) is 0 Å². The normalized spacial score (nSPS) is 15.8. The molecule has 1 aromatic carbocycles.